The number of rotatable bonds is 4. The second-order valence-electron chi connectivity index (χ2n) is 9.32. The van der Waals surface area contributed by atoms with Crippen molar-refractivity contribution in [3.63, 3.8) is 0 Å². The fourth-order valence-electron chi connectivity index (χ4n) is 5.33. The lowest BCUT2D eigenvalue weighted by Crippen LogP contribution is -2.36. The first-order chi connectivity index (χ1) is 17.4. The summed E-state index contributed by atoms with van der Waals surface area (Å²) in [5.74, 6) is 0. The molecular weight excluding hydrogens is 492 g/mol. The van der Waals surface area contributed by atoms with Crippen molar-refractivity contribution < 1.29 is 16.8 Å². The van der Waals surface area contributed by atoms with Crippen LogP contribution in [0.5, 0.6) is 0 Å². The SMILES string of the molecule is O=S(=O)(c1cccc2c(S(=O)(=O)N3CCc4ccccc4C3)cccc12)N1CCc2ccccc2C1. The van der Waals surface area contributed by atoms with Crippen molar-refractivity contribution in [1.29, 1.82) is 0 Å². The Labute approximate surface area is 211 Å². The third-order valence-corrected chi connectivity index (χ3v) is 11.1. The number of hydrogen-bond acceptors (Lipinski definition) is 4. The van der Waals surface area contributed by atoms with Crippen LogP contribution in [0.4, 0.5) is 0 Å². The summed E-state index contributed by atoms with van der Waals surface area (Å²) >= 11 is 0. The van der Waals surface area contributed by atoms with Gasteiger partial charge in [0.25, 0.3) is 0 Å². The van der Waals surface area contributed by atoms with E-state index < -0.39 is 20.0 Å². The van der Waals surface area contributed by atoms with Crippen LogP contribution in [0.15, 0.2) is 94.7 Å². The second kappa shape index (κ2) is 8.81. The predicted molar refractivity (Wildman–Crippen MR) is 139 cm³/mol. The van der Waals surface area contributed by atoms with E-state index in [1.54, 1.807) is 36.4 Å². The Morgan fingerprint density at radius 3 is 1.28 bits per heavy atom. The molecule has 8 heteroatoms. The summed E-state index contributed by atoms with van der Waals surface area (Å²) in [5.41, 5.74) is 4.33. The molecule has 2 aliphatic heterocycles. The molecule has 4 aromatic rings. The highest BCUT2D eigenvalue weighted by atomic mass is 32.2. The molecular formula is C28H26N2O4S2. The molecule has 0 atom stereocenters. The highest BCUT2D eigenvalue weighted by Gasteiger charge is 2.32. The summed E-state index contributed by atoms with van der Waals surface area (Å²) in [6, 6.07) is 25.6. The predicted octanol–water partition coefficient (Wildman–Crippen LogP) is 4.33. The van der Waals surface area contributed by atoms with E-state index in [2.05, 4.69) is 0 Å². The van der Waals surface area contributed by atoms with E-state index >= 15 is 0 Å². The van der Waals surface area contributed by atoms with E-state index in [4.69, 9.17) is 0 Å². The third kappa shape index (κ3) is 3.85. The lowest BCUT2D eigenvalue weighted by molar-refractivity contribution is 0.391. The van der Waals surface area contributed by atoms with Crippen LogP contribution in [0, 0.1) is 0 Å². The summed E-state index contributed by atoms with van der Waals surface area (Å²) in [4.78, 5) is 0.279. The van der Waals surface area contributed by atoms with Gasteiger partial charge in [-0.15, -0.1) is 0 Å². The molecule has 0 saturated carbocycles. The van der Waals surface area contributed by atoms with Crippen LogP contribution < -0.4 is 0 Å². The van der Waals surface area contributed by atoms with Gasteiger partial charge in [0.1, 0.15) is 0 Å². The molecule has 6 rings (SSSR count). The Balaban J connectivity index is 1.40. The fraction of sp³-hybridized carbons (Fsp3) is 0.214. The maximum absolute atomic E-state index is 13.8. The molecule has 4 aromatic carbocycles. The molecule has 2 aliphatic rings. The monoisotopic (exact) mass is 518 g/mol. The zero-order chi connectivity index (χ0) is 24.9. The number of nitrogens with zero attached hydrogens (tertiary/aromatic N) is 2. The molecule has 2 heterocycles. The average molecular weight is 519 g/mol. The summed E-state index contributed by atoms with van der Waals surface area (Å²) < 4.78 is 58.1. The smallest absolute Gasteiger partial charge is 0.207 e. The molecule has 0 unspecified atom stereocenters. The van der Waals surface area contributed by atoms with E-state index in [0.717, 1.165) is 11.1 Å². The zero-order valence-electron chi connectivity index (χ0n) is 19.7. The molecule has 0 bridgehead atoms. The Morgan fingerprint density at radius 2 is 0.861 bits per heavy atom. The number of hydrogen-bond donors (Lipinski definition) is 0. The number of sulfonamides is 2. The topological polar surface area (TPSA) is 74.8 Å². The van der Waals surface area contributed by atoms with E-state index in [1.165, 1.54) is 19.7 Å². The van der Waals surface area contributed by atoms with E-state index in [0.29, 0.717) is 49.8 Å². The molecule has 36 heavy (non-hydrogen) atoms. The quantitative estimate of drug-likeness (QED) is 0.403. The van der Waals surface area contributed by atoms with Crippen LogP contribution in [0.2, 0.25) is 0 Å². The minimum absolute atomic E-state index is 0.139. The van der Waals surface area contributed by atoms with Crippen LogP contribution in [0.25, 0.3) is 10.8 Å². The second-order valence-corrected chi connectivity index (χ2v) is 13.1. The molecule has 0 saturated heterocycles. The minimum atomic E-state index is -3.83. The lowest BCUT2D eigenvalue weighted by Gasteiger charge is -2.29. The Kier molecular flexibility index (Phi) is 5.72. The molecule has 0 N–H and O–H groups in total. The van der Waals surface area contributed by atoms with Gasteiger partial charge in [-0.1, -0.05) is 72.8 Å². The highest BCUT2D eigenvalue weighted by Crippen LogP contribution is 2.34. The molecule has 0 aliphatic carbocycles. The number of fused-ring (bicyclic) bond motifs is 3. The summed E-state index contributed by atoms with van der Waals surface area (Å²) in [5, 5.41) is 0.852. The molecule has 6 nitrogen and oxygen atoms in total. The Hall–Kier alpha value is -3.04. The van der Waals surface area contributed by atoms with Crippen molar-refractivity contribution in [3.8, 4) is 0 Å². The van der Waals surface area contributed by atoms with Crippen molar-refractivity contribution >= 4 is 30.8 Å². The van der Waals surface area contributed by atoms with Gasteiger partial charge in [-0.2, -0.15) is 8.61 Å². The minimum Gasteiger partial charge on any atom is -0.207 e. The molecule has 0 spiro atoms. The summed E-state index contributed by atoms with van der Waals surface area (Å²) in [7, 11) is -7.67. The van der Waals surface area contributed by atoms with Gasteiger partial charge in [0.15, 0.2) is 0 Å². The van der Waals surface area contributed by atoms with Gasteiger partial charge in [-0.25, -0.2) is 16.8 Å². The van der Waals surface area contributed by atoms with Crippen molar-refractivity contribution in [2.45, 2.75) is 35.7 Å². The standard InChI is InChI=1S/C28H26N2O4S2/c31-35(32,29-17-15-21-7-1-3-9-23(21)19-29)27-13-5-12-26-25(27)11-6-14-28(26)36(33,34)30-18-16-22-8-2-4-10-24(22)20-30/h1-14H,15-20H2. The lowest BCUT2D eigenvalue weighted by atomic mass is 10.0. The molecule has 0 aromatic heterocycles. The van der Waals surface area contributed by atoms with Crippen molar-refractivity contribution in [2.24, 2.45) is 0 Å². The van der Waals surface area contributed by atoms with Gasteiger partial charge in [-0.3, -0.25) is 0 Å². The summed E-state index contributed by atoms with van der Waals surface area (Å²) in [6.45, 7) is 1.39. The van der Waals surface area contributed by atoms with Crippen LogP contribution >= 0.6 is 0 Å². The zero-order valence-corrected chi connectivity index (χ0v) is 21.3. The largest absolute Gasteiger partial charge is 0.244 e. The molecule has 0 amide bonds. The Morgan fingerprint density at radius 1 is 0.472 bits per heavy atom. The first-order valence-electron chi connectivity index (χ1n) is 12.0. The Bertz CT molecular complexity index is 1570. The van der Waals surface area contributed by atoms with E-state index in [-0.39, 0.29) is 9.79 Å². The van der Waals surface area contributed by atoms with Crippen LogP contribution in [-0.2, 0) is 46.0 Å². The van der Waals surface area contributed by atoms with Gasteiger partial charge in [0.2, 0.25) is 20.0 Å². The molecule has 0 fully saturated rings. The van der Waals surface area contributed by atoms with Gasteiger partial charge >= 0.3 is 0 Å². The van der Waals surface area contributed by atoms with E-state index in [9.17, 15) is 16.8 Å². The maximum Gasteiger partial charge on any atom is 0.244 e. The third-order valence-electron chi connectivity index (χ3n) is 7.27. The van der Waals surface area contributed by atoms with Crippen LogP contribution in [0.3, 0.4) is 0 Å². The van der Waals surface area contributed by atoms with Gasteiger partial charge < -0.3 is 0 Å². The molecule has 184 valence electrons. The van der Waals surface area contributed by atoms with Gasteiger partial charge in [-0.05, 0) is 47.2 Å². The van der Waals surface area contributed by atoms with Crippen molar-refractivity contribution in [2.75, 3.05) is 13.1 Å². The first-order valence-corrected chi connectivity index (χ1v) is 14.9. The molecule has 0 radical (unpaired) electrons. The first kappa shape index (κ1) is 23.4. The van der Waals surface area contributed by atoms with Crippen molar-refractivity contribution in [1.82, 2.24) is 8.61 Å². The highest BCUT2D eigenvalue weighted by molar-refractivity contribution is 7.89. The van der Waals surface area contributed by atoms with Crippen molar-refractivity contribution in [3.05, 3.63) is 107 Å². The average Bonchev–Trinajstić information content (AvgIpc) is 2.91. The fourth-order valence-corrected chi connectivity index (χ4v) is 8.58. The maximum atomic E-state index is 13.8. The van der Waals surface area contributed by atoms with Crippen LogP contribution in [0.1, 0.15) is 22.3 Å². The van der Waals surface area contributed by atoms with Crippen LogP contribution in [-0.4, -0.2) is 38.5 Å². The number of benzene rings is 4. The normalized spacial score (nSPS) is 17.0. The van der Waals surface area contributed by atoms with Gasteiger partial charge in [0.05, 0.1) is 9.79 Å². The summed E-state index contributed by atoms with van der Waals surface area (Å²) in [6.07, 6.45) is 1.30. The van der Waals surface area contributed by atoms with E-state index in [1.807, 2.05) is 48.5 Å². The van der Waals surface area contributed by atoms with Gasteiger partial charge in [0, 0.05) is 37.0 Å².